The van der Waals surface area contributed by atoms with Gasteiger partial charge in [0.2, 0.25) is 10.0 Å². The molecule has 0 bridgehead atoms. The predicted octanol–water partition coefficient (Wildman–Crippen LogP) is 2.61. The van der Waals surface area contributed by atoms with Crippen molar-refractivity contribution in [1.29, 1.82) is 0 Å². The fourth-order valence-corrected chi connectivity index (χ4v) is 5.07. The van der Waals surface area contributed by atoms with Gasteiger partial charge in [0, 0.05) is 19.1 Å². The largest absolute Gasteiger partial charge is 0.313 e. The zero-order chi connectivity index (χ0) is 15.5. The molecule has 0 aromatic heterocycles. The van der Waals surface area contributed by atoms with Crippen LogP contribution in [0.2, 0.25) is 0 Å². The third kappa shape index (κ3) is 3.47. The van der Waals surface area contributed by atoms with Crippen molar-refractivity contribution in [3.8, 4) is 0 Å². The van der Waals surface area contributed by atoms with Crippen LogP contribution >= 0.6 is 0 Å². The molecule has 5 heteroatoms. The molecule has 1 aliphatic heterocycles. The molecule has 0 amide bonds. The second-order valence-corrected chi connectivity index (χ2v) is 7.82. The second-order valence-electron chi connectivity index (χ2n) is 5.96. The van der Waals surface area contributed by atoms with Gasteiger partial charge in [-0.1, -0.05) is 39.0 Å². The lowest BCUT2D eigenvalue weighted by molar-refractivity contribution is 0.315. The molecule has 1 heterocycles. The Labute approximate surface area is 128 Å². The normalized spacial score (nSPS) is 20.3. The molecule has 0 radical (unpaired) electrons. The molecule has 1 aromatic rings. The van der Waals surface area contributed by atoms with E-state index in [2.05, 4.69) is 19.2 Å². The number of hydrogen-bond acceptors (Lipinski definition) is 3. The number of rotatable bonds is 6. The zero-order valence-corrected chi connectivity index (χ0v) is 14.0. The molecule has 1 N–H and O–H groups in total. The summed E-state index contributed by atoms with van der Waals surface area (Å²) in [5.74, 6) is 0.350. The van der Waals surface area contributed by atoms with Crippen LogP contribution in [0.4, 0.5) is 0 Å². The maximum absolute atomic E-state index is 13.0. The van der Waals surface area contributed by atoms with E-state index >= 15 is 0 Å². The monoisotopic (exact) mass is 310 g/mol. The minimum Gasteiger partial charge on any atom is -0.313 e. The summed E-state index contributed by atoms with van der Waals surface area (Å²) in [6, 6.07) is 7.47. The van der Waals surface area contributed by atoms with Gasteiger partial charge in [0.1, 0.15) is 0 Å². The Morgan fingerprint density at radius 2 is 2.05 bits per heavy atom. The van der Waals surface area contributed by atoms with Crippen molar-refractivity contribution in [3.63, 3.8) is 0 Å². The smallest absolute Gasteiger partial charge is 0.243 e. The predicted molar refractivity (Wildman–Crippen MR) is 85.6 cm³/mol. The Kier molecular flexibility index (Phi) is 5.41. The standard InChI is InChI=1S/C16H26N2O2S/c1-4-17-12-14-8-5-6-10-16(14)21(19,20)18-11-7-9-15(18)13(2)3/h5-6,8,10,13,15,17H,4,7,9,11-12H2,1-3H3. The molecule has 1 atom stereocenters. The lowest BCUT2D eigenvalue weighted by Crippen LogP contribution is -2.39. The number of hydrogen-bond donors (Lipinski definition) is 1. The van der Waals surface area contributed by atoms with Crippen molar-refractivity contribution in [2.75, 3.05) is 13.1 Å². The summed E-state index contributed by atoms with van der Waals surface area (Å²) in [6.45, 7) is 8.28. The molecule has 1 aromatic carbocycles. The third-order valence-electron chi connectivity index (χ3n) is 4.14. The lowest BCUT2D eigenvalue weighted by atomic mass is 10.0. The van der Waals surface area contributed by atoms with Crippen LogP contribution in [0.5, 0.6) is 0 Å². The van der Waals surface area contributed by atoms with Gasteiger partial charge in [0.25, 0.3) is 0 Å². The number of benzene rings is 1. The first-order valence-electron chi connectivity index (χ1n) is 7.79. The van der Waals surface area contributed by atoms with Gasteiger partial charge in [-0.25, -0.2) is 8.42 Å². The topological polar surface area (TPSA) is 49.4 Å². The first-order chi connectivity index (χ1) is 9.98. The highest BCUT2D eigenvalue weighted by Gasteiger charge is 2.37. The van der Waals surface area contributed by atoms with E-state index in [0.717, 1.165) is 24.9 Å². The Morgan fingerprint density at radius 3 is 2.71 bits per heavy atom. The summed E-state index contributed by atoms with van der Waals surface area (Å²) >= 11 is 0. The molecule has 4 nitrogen and oxygen atoms in total. The molecule has 1 unspecified atom stereocenters. The number of nitrogens with one attached hydrogen (secondary N) is 1. The second kappa shape index (κ2) is 6.90. The molecule has 0 spiro atoms. The van der Waals surface area contributed by atoms with E-state index in [-0.39, 0.29) is 6.04 Å². The summed E-state index contributed by atoms with van der Waals surface area (Å²) in [7, 11) is -3.40. The molecule has 0 aliphatic carbocycles. The fraction of sp³-hybridized carbons (Fsp3) is 0.625. The number of nitrogens with zero attached hydrogens (tertiary/aromatic N) is 1. The van der Waals surface area contributed by atoms with Crippen molar-refractivity contribution in [1.82, 2.24) is 9.62 Å². The molecular weight excluding hydrogens is 284 g/mol. The van der Waals surface area contributed by atoms with Crippen LogP contribution in [0.25, 0.3) is 0 Å². The summed E-state index contributed by atoms with van der Waals surface area (Å²) in [4.78, 5) is 0.457. The van der Waals surface area contributed by atoms with Gasteiger partial charge >= 0.3 is 0 Å². The molecule has 1 aliphatic rings. The molecule has 0 saturated carbocycles. The SMILES string of the molecule is CCNCc1ccccc1S(=O)(=O)N1CCCC1C(C)C. The fourth-order valence-electron chi connectivity index (χ4n) is 3.02. The van der Waals surface area contributed by atoms with E-state index in [1.807, 2.05) is 25.1 Å². The van der Waals surface area contributed by atoms with E-state index in [0.29, 0.717) is 23.9 Å². The molecular formula is C16H26N2O2S. The van der Waals surface area contributed by atoms with Crippen LogP contribution in [-0.4, -0.2) is 31.9 Å². The summed E-state index contributed by atoms with van der Waals surface area (Å²) in [5.41, 5.74) is 0.855. The van der Waals surface area contributed by atoms with Crippen LogP contribution < -0.4 is 5.32 Å². The van der Waals surface area contributed by atoms with E-state index in [1.54, 1.807) is 10.4 Å². The van der Waals surface area contributed by atoms with Crippen LogP contribution in [-0.2, 0) is 16.6 Å². The van der Waals surface area contributed by atoms with Crippen LogP contribution in [0, 0.1) is 5.92 Å². The molecule has 21 heavy (non-hydrogen) atoms. The van der Waals surface area contributed by atoms with E-state index < -0.39 is 10.0 Å². The molecule has 1 fully saturated rings. The summed E-state index contributed by atoms with van der Waals surface area (Å²) < 4.78 is 27.8. The third-order valence-corrected chi connectivity index (χ3v) is 6.17. The van der Waals surface area contributed by atoms with Gasteiger partial charge in [-0.05, 0) is 36.9 Å². The molecule has 118 valence electrons. The minimum atomic E-state index is -3.40. The number of sulfonamides is 1. The Balaban J connectivity index is 2.35. The molecule has 2 rings (SSSR count). The van der Waals surface area contributed by atoms with Gasteiger partial charge in [0.05, 0.1) is 4.90 Å². The first kappa shape index (κ1) is 16.5. The van der Waals surface area contributed by atoms with Gasteiger partial charge in [0.15, 0.2) is 0 Å². The van der Waals surface area contributed by atoms with Crippen molar-refractivity contribution in [2.45, 2.75) is 51.1 Å². The summed E-state index contributed by atoms with van der Waals surface area (Å²) in [5, 5.41) is 3.22. The van der Waals surface area contributed by atoms with E-state index in [9.17, 15) is 8.42 Å². The lowest BCUT2D eigenvalue weighted by Gasteiger charge is -2.27. The van der Waals surface area contributed by atoms with Crippen molar-refractivity contribution in [2.24, 2.45) is 5.92 Å². The average molecular weight is 310 g/mol. The van der Waals surface area contributed by atoms with Gasteiger partial charge < -0.3 is 5.32 Å². The van der Waals surface area contributed by atoms with E-state index in [4.69, 9.17) is 0 Å². The zero-order valence-electron chi connectivity index (χ0n) is 13.2. The van der Waals surface area contributed by atoms with Gasteiger partial charge in [-0.3, -0.25) is 0 Å². The van der Waals surface area contributed by atoms with E-state index in [1.165, 1.54) is 0 Å². The van der Waals surface area contributed by atoms with Crippen LogP contribution in [0.1, 0.15) is 39.2 Å². The maximum atomic E-state index is 13.0. The highest BCUT2D eigenvalue weighted by Crippen LogP contribution is 2.31. The van der Waals surface area contributed by atoms with Gasteiger partial charge in [-0.2, -0.15) is 4.31 Å². The first-order valence-corrected chi connectivity index (χ1v) is 9.23. The maximum Gasteiger partial charge on any atom is 0.243 e. The molecule has 1 saturated heterocycles. The quantitative estimate of drug-likeness (QED) is 0.878. The summed E-state index contributed by atoms with van der Waals surface area (Å²) in [6.07, 6.45) is 1.92. The minimum absolute atomic E-state index is 0.127. The van der Waals surface area contributed by atoms with Crippen molar-refractivity contribution in [3.05, 3.63) is 29.8 Å². The van der Waals surface area contributed by atoms with Crippen molar-refractivity contribution < 1.29 is 8.42 Å². The van der Waals surface area contributed by atoms with Crippen molar-refractivity contribution >= 4 is 10.0 Å². The average Bonchev–Trinajstić information content (AvgIpc) is 2.96. The Bertz CT molecular complexity index is 569. The highest BCUT2D eigenvalue weighted by molar-refractivity contribution is 7.89. The Morgan fingerprint density at radius 1 is 1.33 bits per heavy atom. The van der Waals surface area contributed by atoms with Crippen LogP contribution in [0.3, 0.4) is 0 Å². The Hall–Kier alpha value is -0.910. The van der Waals surface area contributed by atoms with Gasteiger partial charge in [-0.15, -0.1) is 0 Å². The highest BCUT2D eigenvalue weighted by atomic mass is 32.2. The van der Waals surface area contributed by atoms with Crippen LogP contribution in [0.15, 0.2) is 29.2 Å².